The summed E-state index contributed by atoms with van der Waals surface area (Å²) in [7, 11) is 0. The lowest BCUT2D eigenvalue weighted by Gasteiger charge is -2.30. The van der Waals surface area contributed by atoms with E-state index in [2.05, 4.69) is 15.0 Å². The molecule has 0 bridgehead atoms. The maximum Gasteiger partial charge on any atom is 0.250 e. The van der Waals surface area contributed by atoms with Gasteiger partial charge in [-0.1, -0.05) is 5.16 Å². The van der Waals surface area contributed by atoms with Gasteiger partial charge in [-0.05, 0) is 44.3 Å². The Labute approximate surface area is 154 Å². The standard InChI is InChI=1S/C17H21FN4O3S/c1-26-16(11-22(23)24)19-6-9-21-7-4-12(5-8-21)17-14-3-2-13(18)10-15(14)25-20-17/h2-3,10,12H,4-9,11H2,1H3. The van der Waals surface area contributed by atoms with Crippen LogP contribution in [0.1, 0.15) is 24.5 Å². The quantitative estimate of drug-likeness (QED) is 0.331. The third-order valence-electron chi connectivity index (χ3n) is 4.64. The number of fused-ring (bicyclic) bond motifs is 1. The van der Waals surface area contributed by atoms with E-state index in [9.17, 15) is 14.5 Å². The van der Waals surface area contributed by atoms with Crippen LogP contribution in [0.4, 0.5) is 4.39 Å². The number of benzene rings is 1. The number of hydrogen-bond acceptors (Lipinski definition) is 7. The van der Waals surface area contributed by atoms with Crippen LogP contribution >= 0.6 is 11.8 Å². The molecule has 0 radical (unpaired) electrons. The number of nitro groups is 1. The molecule has 0 amide bonds. The summed E-state index contributed by atoms with van der Waals surface area (Å²) < 4.78 is 18.5. The number of thioether (sulfide) groups is 1. The zero-order valence-corrected chi connectivity index (χ0v) is 15.4. The molecule has 1 saturated heterocycles. The van der Waals surface area contributed by atoms with Crippen molar-refractivity contribution >= 4 is 27.8 Å². The van der Waals surface area contributed by atoms with Crippen LogP contribution in [0.2, 0.25) is 0 Å². The normalized spacial score (nSPS) is 17.1. The fourth-order valence-electron chi connectivity index (χ4n) is 3.26. The van der Waals surface area contributed by atoms with Crippen molar-refractivity contribution < 1.29 is 13.8 Å². The molecule has 1 aliphatic rings. The van der Waals surface area contributed by atoms with Crippen molar-refractivity contribution in [1.29, 1.82) is 0 Å². The van der Waals surface area contributed by atoms with Crippen LogP contribution in [0.25, 0.3) is 11.0 Å². The Morgan fingerprint density at radius 1 is 1.50 bits per heavy atom. The summed E-state index contributed by atoms with van der Waals surface area (Å²) in [5.74, 6) is -0.0185. The lowest BCUT2D eigenvalue weighted by atomic mass is 9.91. The molecule has 1 aromatic carbocycles. The van der Waals surface area contributed by atoms with Crippen LogP contribution in [-0.4, -0.2) is 59.0 Å². The summed E-state index contributed by atoms with van der Waals surface area (Å²) >= 11 is 1.33. The molecular formula is C17H21FN4O3S. The van der Waals surface area contributed by atoms with Crippen LogP contribution in [0.15, 0.2) is 27.7 Å². The zero-order valence-electron chi connectivity index (χ0n) is 14.6. The van der Waals surface area contributed by atoms with Gasteiger partial charge in [0.2, 0.25) is 0 Å². The maximum atomic E-state index is 13.3. The molecule has 2 aromatic rings. The molecule has 3 rings (SSSR count). The van der Waals surface area contributed by atoms with Crippen molar-refractivity contribution in [2.45, 2.75) is 18.8 Å². The van der Waals surface area contributed by atoms with E-state index in [4.69, 9.17) is 4.52 Å². The molecule has 0 atom stereocenters. The maximum absolute atomic E-state index is 13.3. The van der Waals surface area contributed by atoms with Gasteiger partial charge < -0.3 is 9.42 Å². The van der Waals surface area contributed by atoms with E-state index in [-0.39, 0.29) is 17.3 Å². The van der Waals surface area contributed by atoms with Crippen molar-refractivity contribution in [1.82, 2.24) is 10.1 Å². The minimum absolute atomic E-state index is 0.205. The first kappa shape index (κ1) is 18.8. The van der Waals surface area contributed by atoms with Gasteiger partial charge in [-0.15, -0.1) is 11.8 Å². The van der Waals surface area contributed by atoms with E-state index in [0.717, 1.165) is 43.6 Å². The fourth-order valence-corrected chi connectivity index (χ4v) is 3.72. The third kappa shape index (κ3) is 4.59. The Balaban J connectivity index is 1.52. The molecule has 140 valence electrons. The van der Waals surface area contributed by atoms with Crippen molar-refractivity contribution in [3.05, 3.63) is 39.8 Å². The predicted octanol–water partition coefficient (Wildman–Crippen LogP) is 3.18. The second-order valence-corrected chi connectivity index (χ2v) is 7.17. The van der Waals surface area contributed by atoms with Gasteiger partial charge in [0.15, 0.2) is 5.58 Å². The van der Waals surface area contributed by atoms with E-state index in [1.807, 2.05) is 6.26 Å². The molecule has 1 fully saturated rings. The first-order valence-electron chi connectivity index (χ1n) is 8.53. The summed E-state index contributed by atoms with van der Waals surface area (Å²) in [5, 5.41) is 16.2. The Hall–Kier alpha value is -2.00. The number of piperidine rings is 1. The number of aromatic nitrogens is 1. The molecule has 26 heavy (non-hydrogen) atoms. The Bertz CT molecular complexity index is 802. The minimum Gasteiger partial charge on any atom is -0.356 e. The smallest absolute Gasteiger partial charge is 0.250 e. The Morgan fingerprint density at radius 3 is 2.96 bits per heavy atom. The molecule has 0 saturated carbocycles. The second-order valence-electron chi connectivity index (χ2n) is 6.29. The van der Waals surface area contributed by atoms with Gasteiger partial charge in [-0.2, -0.15) is 0 Å². The fraction of sp³-hybridized carbons (Fsp3) is 0.529. The first-order chi connectivity index (χ1) is 12.6. The van der Waals surface area contributed by atoms with Crippen LogP contribution in [0, 0.1) is 15.9 Å². The van der Waals surface area contributed by atoms with E-state index < -0.39 is 0 Å². The SMILES string of the molecule is CSC(C[N+](=O)[O-])=NCCN1CCC(c2noc3cc(F)ccc23)CC1. The molecule has 7 nitrogen and oxygen atoms in total. The lowest BCUT2D eigenvalue weighted by molar-refractivity contribution is -0.462. The average molecular weight is 380 g/mol. The van der Waals surface area contributed by atoms with Crippen molar-refractivity contribution in [3.8, 4) is 0 Å². The van der Waals surface area contributed by atoms with Crippen LogP contribution in [0.5, 0.6) is 0 Å². The van der Waals surface area contributed by atoms with E-state index >= 15 is 0 Å². The van der Waals surface area contributed by atoms with Gasteiger partial charge in [-0.25, -0.2) is 4.39 Å². The Morgan fingerprint density at radius 2 is 2.27 bits per heavy atom. The van der Waals surface area contributed by atoms with Crippen LogP contribution in [0.3, 0.4) is 0 Å². The van der Waals surface area contributed by atoms with E-state index in [0.29, 0.717) is 23.1 Å². The number of rotatable bonds is 6. The molecule has 0 unspecified atom stereocenters. The van der Waals surface area contributed by atoms with Gasteiger partial charge in [0, 0.05) is 28.8 Å². The average Bonchev–Trinajstić information content (AvgIpc) is 3.04. The first-order valence-corrected chi connectivity index (χ1v) is 9.75. The summed E-state index contributed by atoms with van der Waals surface area (Å²) in [6, 6.07) is 4.54. The van der Waals surface area contributed by atoms with Gasteiger partial charge in [-0.3, -0.25) is 15.1 Å². The van der Waals surface area contributed by atoms with Gasteiger partial charge in [0.05, 0.1) is 12.2 Å². The zero-order chi connectivity index (χ0) is 18.5. The second kappa shape index (κ2) is 8.59. The highest BCUT2D eigenvalue weighted by Crippen LogP contribution is 2.32. The van der Waals surface area contributed by atoms with Gasteiger partial charge in [0.1, 0.15) is 10.9 Å². The monoisotopic (exact) mass is 380 g/mol. The summed E-state index contributed by atoms with van der Waals surface area (Å²) in [6.07, 6.45) is 3.71. The number of nitrogens with zero attached hydrogens (tertiary/aromatic N) is 4. The van der Waals surface area contributed by atoms with E-state index in [1.54, 1.807) is 6.07 Å². The molecule has 9 heteroatoms. The molecule has 0 aliphatic carbocycles. The molecule has 2 heterocycles. The summed E-state index contributed by atoms with van der Waals surface area (Å²) in [4.78, 5) is 16.8. The highest BCUT2D eigenvalue weighted by atomic mass is 32.2. The van der Waals surface area contributed by atoms with E-state index in [1.165, 1.54) is 23.9 Å². The van der Waals surface area contributed by atoms with Gasteiger partial charge >= 0.3 is 0 Å². The van der Waals surface area contributed by atoms with Crippen molar-refractivity contribution in [3.63, 3.8) is 0 Å². The minimum atomic E-state index is -0.352. The molecule has 0 spiro atoms. The number of halogens is 1. The Kier molecular flexibility index (Phi) is 6.20. The molecular weight excluding hydrogens is 359 g/mol. The molecule has 1 aromatic heterocycles. The number of aliphatic imine (C=N–C) groups is 1. The summed E-state index contributed by atoms with van der Waals surface area (Å²) in [6.45, 7) is 2.99. The topological polar surface area (TPSA) is 84.8 Å². The number of hydrogen-bond donors (Lipinski definition) is 0. The summed E-state index contributed by atoms with van der Waals surface area (Å²) in [5.41, 5.74) is 1.40. The van der Waals surface area contributed by atoms with Crippen molar-refractivity contribution in [2.75, 3.05) is 39.0 Å². The van der Waals surface area contributed by atoms with Crippen LogP contribution < -0.4 is 0 Å². The lowest BCUT2D eigenvalue weighted by Crippen LogP contribution is -2.35. The van der Waals surface area contributed by atoms with Crippen molar-refractivity contribution in [2.24, 2.45) is 4.99 Å². The van der Waals surface area contributed by atoms with Crippen LogP contribution in [-0.2, 0) is 0 Å². The molecule has 1 aliphatic heterocycles. The highest BCUT2D eigenvalue weighted by molar-refractivity contribution is 8.13. The number of likely N-dealkylation sites (tertiary alicyclic amines) is 1. The highest BCUT2D eigenvalue weighted by Gasteiger charge is 2.25. The molecule has 0 N–H and O–H groups in total. The van der Waals surface area contributed by atoms with Gasteiger partial charge in [0.25, 0.3) is 6.54 Å². The third-order valence-corrected chi connectivity index (χ3v) is 5.37. The largest absolute Gasteiger partial charge is 0.356 e. The predicted molar refractivity (Wildman–Crippen MR) is 100 cm³/mol.